The smallest absolute Gasteiger partial charge is 0.222 e. The van der Waals surface area contributed by atoms with Gasteiger partial charge in [-0.1, -0.05) is 13.8 Å². The van der Waals surface area contributed by atoms with E-state index in [4.69, 9.17) is 4.74 Å². The van der Waals surface area contributed by atoms with Crippen LogP contribution in [0.15, 0.2) is 0 Å². The Morgan fingerprint density at radius 2 is 2.15 bits per heavy atom. The third kappa shape index (κ3) is 9.56. The Morgan fingerprint density at radius 1 is 1.40 bits per heavy atom. The van der Waals surface area contributed by atoms with Crippen LogP contribution in [0.4, 0.5) is 0 Å². The molecule has 0 bridgehead atoms. The number of hydrogen-bond acceptors (Lipinski definition) is 3. The van der Waals surface area contributed by atoms with Crippen molar-refractivity contribution in [3.05, 3.63) is 0 Å². The highest BCUT2D eigenvalue weighted by atomic mass is 35.5. The summed E-state index contributed by atoms with van der Waals surface area (Å²) in [6, 6.07) is 0. The number of amides is 1. The molecule has 1 rings (SSSR count). The molecule has 0 spiro atoms. The Morgan fingerprint density at radius 3 is 2.75 bits per heavy atom. The number of ether oxygens (including phenoxy) is 1. The highest BCUT2D eigenvalue weighted by molar-refractivity contribution is 5.85. The molecule has 120 valence electrons. The monoisotopic (exact) mass is 306 g/mol. The van der Waals surface area contributed by atoms with Crippen molar-refractivity contribution in [2.75, 3.05) is 26.2 Å². The zero-order valence-corrected chi connectivity index (χ0v) is 13.9. The minimum atomic E-state index is 0. The molecule has 1 aliphatic heterocycles. The van der Waals surface area contributed by atoms with Crippen molar-refractivity contribution >= 4 is 18.3 Å². The summed E-state index contributed by atoms with van der Waals surface area (Å²) in [7, 11) is 0. The van der Waals surface area contributed by atoms with Gasteiger partial charge in [0.05, 0.1) is 12.7 Å². The first kappa shape index (κ1) is 19.7. The predicted molar refractivity (Wildman–Crippen MR) is 85.3 cm³/mol. The van der Waals surface area contributed by atoms with Gasteiger partial charge in [-0.05, 0) is 51.1 Å². The van der Waals surface area contributed by atoms with Crippen molar-refractivity contribution < 1.29 is 9.53 Å². The standard InChI is InChI=1S/C15H30N2O2.ClH/c1-12(2)10-13(3)19-9-6-15(18)17-8-5-14-4-7-16-11-14;/h12-14,16H,4-11H2,1-3H3,(H,17,18);1H. The largest absolute Gasteiger partial charge is 0.378 e. The maximum atomic E-state index is 11.6. The van der Waals surface area contributed by atoms with Crippen LogP contribution in [0, 0.1) is 11.8 Å². The predicted octanol–water partition coefficient (Wildman–Crippen LogP) is 2.37. The Hall–Kier alpha value is -0.320. The summed E-state index contributed by atoms with van der Waals surface area (Å²) in [6.07, 6.45) is 4.11. The molecule has 1 heterocycles. The van der Waals surface area contributed by atoms with Crippen molar-refractivity contribution in [3.8, 4) is 0 Å². The topological polar surface area (TPSA) is 50.4 Å². The van der Waals surface area contributed by atoms with Crippen LogP contribution >= 0.6 is 12.4 Å². The van der Waals surface area contributed by atoms with Crippen molar-refractivity contribution in [2.24, 2.45) is 11.8 Å². The minimum absolute atomic E-state index is 0. The summed E-state index contributed by atoms with van der Waals surface area (Å²) in [6.45, 7) is 10.0. The zero-order valence-electron chi connectivity index (χ0n) is 13.1. The third-order valence-corrected chi connectivity index (χ3v) is 3.57. The van der Waals surface area contributed by atoms with Crippen LogP contribution in [0.2, 0.25) is 0 Å². The maximum Gasteiger partial charge on any atom is 0.222 e. The van der Waals surface area contributed by atoms with Gasteiger partial charge < -0.3 is 15.4 Å². The molecule has 1 aliphatic rings. The lowest BCUT2D eigenvalue weighted by atomic mass is 10.1. The minimum Gasteiger partial charge on any atom is -0.378 e. The number of carbonyl (C=O) groups excluding carboxylic acids is 1. The molecule has 20 heavy (non-hydrogen) atoms. The normalized spacial score (nSPS) is 19.7. The fourth-order valence-corrected chi connectivity index (χ4v) is 2.55. The first-order chi connectivity index (χ1) is 9.08. The molecule has 0 aliphatic carbocycles. The van der Waals surface area contributed by atoms with Gasteiger partial charge in [0.25, 0.3) is 0 Å². The van der Waals surface area contributed by atoms with E-state index in [-0.39, 0.29) is 24.4 Å². The molecule has 2 atom stereocenters. The molecule has 4 nitrogen and oxygen atoms in total. The average Bonchev–Trinajstić information content (AvgIpc) is 2.81. The van der Waals surface area contributed by atoms with Gasteiger partial charge in [0.15, 0.2) is 0 Å². The first-order valence-electron chi connectivity index (χ1n) is 7.67. The molecule has 1 amide bonds. The van der Waals surface area contributed by atoms with Gasteiger partial charge in [-0.15, -0.1) is 12.4 Å². The molecule has 2 N–H and O–H groups in total. The van der Waals surface area contributed by atoms with Crippen LogP contribution in [0.25, 0.3) is 0 Å². The van der Waals surface area contributed by atoms with Crippen LogP contribution in [0.3, 0.4) is 0 Å². The lowest BCUT2D eigenvalue weighted by molar-refractivity contribution is -0.122. The van der Waals surface area contributed by atoms with Gasteiger partial charge in [-0.3, -0.25) is 4.79 Å². The molecule has 0 aromatic heterocycles. The van der Waals surface area contributed by atoms with E-state index in [1.165, 1.54) is 6.42 Å². The number of carbonyl (C=O) groups is 1. The van der Waals surface area contributed by atoms with E-state index in [9.17, 15) is 4.79 Å². The molecular weight excluding hydrogens is 276 g/mol. The molecular formula is C15H31ClN2O2. The van der Waals surface area contributed by atoms with E-state index in [0.717, 1.165) is 38.4 Å². The number of rotatable bonds is 9. The maximum absolute atomic E-state index is 11.6. The van der Waals surface area contributed by atoms with Crippen LogP contribution in [0.1, 0.15) is 46.5 Å². The molecule has 2 unspecified atom stereocenters. The molecule has 0 aromatic rings. The van der Waals surface area contributed by atoms with Gasteiger partial charge in [0.2, 0.25) is 5.91 Å². The Bertz CT molecular complexity index is 256. The summed E-state index contributed by atoms with van der Waals surface area (Å²) in [5.74, 6) is 1.49. The van der Waals surface area contributed by atoms with Gasteiger partial charge in [0.1, 0.15) is 0 Å². The van der Waals surface area contributed by atoms with E-state index < -0.39 is 0 Å². The Kier molecular flexibility index (Phi) is 11.2. The van der Waals surface area contributed by atoms with E-state index in [2.05, 4.69) is 31.4 Å². The van der Waals surface area contributed by atoms with Crippen molar-refractivity contribution in [2.45, 2.75) is 52.6 Å². The van der Waals surface area contributed by atoms with Crippen molar-refractivity contribution in [1.29, 1.82) is 0 Å². The van der Waals surface area contributed by atoms with E-state index in [1.807, 2.05) is 0 Å². The molecule has 0 radical (unpaired) electrons. The van der Waals surface area contributed by atoms with Gasteiger partial charge in [-0.25, -0.2) is 0 Å². The number of halogens is 1. The summed E-state index contributed by atoms with van der Waals surface area (Å²) < 4.78 is 5.63. The van der Waals surface area contributed by atoms with Gasteiger partial charge in [-0.2, -0.15) is 0 Å². The Labute approximate surface area is 129 Å². The van der Waals surface area contributed by atoms with Crippen molar-refractivity contribution in [1.82, 2.24) is 10.6 Å². The summed E-state index contributed by atoms with van der Waals surface area (Å²) in [4.78, 5) is 11.6. The van der Waals surface area contributed by atoms with Crippen LogP contribution < -0.4 is 10.6 Å². The van der Waals surface area contributed by atoms with Crippen LogP contribution in [-0.2, 0) is 9.53 Å². The lowest BCUT2D eigenvalue weighted by Gasteiger charge is -2.15. The van der Waals surface area contributed by atoms with Crippen molar-refractivity contribution in [3.63, 3.8) is 0 Å². The quantitative estimate of drug-likeness (QED) is 0.687. The van der Waals surface area contributed by atoms with E-state index in [0.29, 0.717) is 18.9 Å². The fraction of sp³-hybridized carbons (Fsp3) is 0.933. The Balaban J connectivity index is 0.00000361. The highest BCUT2D eigenvalue weighted by Gasteiger charge is 2.14. The van der Waals surface area contributed by atoms with Crippen LogP contribution in [0.5, 0.6) is 0 Å². The van der Waals surface area contributed by atoms with E-state index in [1.54, 1.807) is 0 Å². The second kappa shape index (κ2) is 11.4. The number of hydrogen-bond donors (Lipinski definition) is 2. The first-order valence-corrected chi connectivity index (χ1v) is 7.67. The molecule has 0 aromatic carbocycles. The molecule has 5 heteroatoms. The second-order valence-electron chi connectivity index (χ2n) is 6.06. The lowest BCUT2D eigenvalue weighted by Crippen LogP contribution is -2.27. The molecule has 1 saturated heterocycles. The fourth-order valence-electron chi connectivity index (χ4n) is 2.55. The third-order valence-electron chi connectivity index (χ3n) is 3.57. The number of nitrogens with one attached hydrogen (secondary N) is 2. The average molecular weight is 307 g/mol. The van der Waals surface area contributed by atoms with E-state index >= 15 is 0 Å². The highest BCUT2D eigenvalue weighted by Crippen LogP contribution is 2.11. The SMILES string of the molecule is CC(C)CC(C)OCCC(=O)NCCC1CCNC1.Cl. The molecule has 1 fully saturated rings. The second-order valence-corrected chi connectivity index (χ2v) is 6.06. The summed E-state index contributed by atoms with van der Waals surface area (Å²) >= 11 is 0. The summed E-state index contributed by atoms with van der Waals surface area (Å²) in [5, 5.41) is 6.32. The van der Waals surface area contributed by atoms with Gasteiger partial charge in [0, 0.05) is 13.0 Å². The van der Waals surface area contributed by atoms with Gasteiger partial charge >= 0.3 is 0 Å². The zero-order chi connectivity index (χ0) is 14.1. The summed E-state index contributed by atoms with van der Waals surface area (Å²) in [5.41, 5.74) is 0. The molecule has 0 saturated carbocycles. The van der Waals surface area contributed by atoms with Crippen LogP contribution in [-0.4, -0.2) is 38.3 Å².